The summed E-state index contributed by atoms with van der Waals surface area (Å²) in [5.41, 5.74) is 4.28. The largest absolute Gasteiger partial charge is 0.339 e. The first-order valence-corrected chi connectivity index (χ1v) is 9.82. The van der Waals surface area contributed by atoms with Crippen LogP contribution in [-0.2, 0) is 0 Å². The number of hydrogen-bond acceptors (Lipinski definition) is 2. The molecular weight excluding hydrogens is 381 g/mol. The van der Waals surface area contributed by atoms with Crippen molar-refractivity contribution in [1.29, 1.82) is 0 Å². The molecule has 4 rings (SSSR count). The Hall–Kier alpha value is -1.49. The summed E-state index contributed by atoms with van der Waals surface area (Å²) in [5.74, 6) is 0.159. The quantitative estimate of drug-likeness (QED) is 0.801. The van der Waals surface area contributed by atoms with E-state index in [1.165, 1.54) is 6.42 Å². The number of piperidine rings is 1. The number of hydrogen-bond donors (Lipinski definition) is 1. The van der Waals surface area contributed by atoms with E-state index in [9.17, 15) is 4.79 Å². The number of likely N-dealkylation sites (tertiary alicyclic amines) is 1. The van der Waals surface area contributed by atoms with Crippen LogP contribution in [0.5, 0.6) is 0 Å². The van der Waals surface area contributed by atoms with Crippen LogP contribution in [0.15, 0.2) is 30.3 Å². The Kier molecular flexibility index (Phi) is 5.90. The molecule has 1 aromatic carbocycles. The van der Waals surface area contributed by atoms with Gasteiger partial charge in [0, 0.05) is 41.7 Å². The zero-order valence-electron chi connectivity index (χ0n) is 15.9. The lowest BCUT2D eigenvalue weighted by Gasteiger charge is -2.38. The summed E-state index contributed by atoms with van der Waals surface area (Å²) in [6.45, 7) is 8.02. The molecule has 2 aliphatic heterocycles. The summed E-state index contributed by atoms with van der Waals surface area (Å²) in [6.07, 6.45) is 3.47. The Morgan fingerprint density at radius 1 is 1.15 bits per heavy atom. The zero-order chi connectivity index (χ0) is 18.3. The molecule has 0 unspecified atom stereocenters. The van der Waals surface area contributed by atoms with Gasteiger partial charge in [0.25, 0.3) is 5.91 Å². The second kappa shape index (κ2) is 7.86. The average molecular weight is 408 g/mol. The highest BCUT2D eigenvalue weighted by Crippen LogP contribution is 2.37. The molecule has 1 N–H and O–H groups in total. The summed E-state index contributed by atoms with van der Waals surface area (Å²) in [4.78, 5) is 15.2. The van der Waals surface area contributed by atoms with Gasteiger partial charge in [-0.3, -0.25) is 4.79 Å². The van der Waals surface area contributed by atoms with E-state index < -0.39 is 0 Å². The van der Waals surface area contributed by atoms with Crippen molar-refractivity contribution >= 4 is 29.9 Å². The second-order valence-electron chi connectivity index (χ2n) is 7.82. The number of amides is 1. The molecule has 27 heavy (non-hydrogen) atoms. The van der Waals surface area contributed by atoms with Crippen LogP contribution >= 0.6 is 24.0 Å². The zero-order valence-corrected chi connectivity index (χ0v) is 17.5. The number of benzene rings is 1. The van der Waals surface area contributed by atoms with Crippen molar-refractivity contribution in [2.45, 2.75) is 33.1 Å². The number of nitrogens with zero attached hydrogens (tertiary/aromatic N) is 2. The SMILES string of the molecule is Cc1cc(C(=O)N2CCC3(CCNC3)CC2)c(C)n1-c1cccc(Cl)c1.Cl. The maximum absolute atomic E-state index is 13.2. The topological polar surface area (TPSA) is 37.3 Å². The number of carbonyl (C=O) groups excluding carboxylic acids is 1. The van der Waals surface area contributed by atoms with Gasteiger partial charge in [-0.2, -0.15) is 0 Å². The monoisotopic (exact) mass is 407 g/mol. The molecule has 1 amide bonds. The molecule has 146 valence electrons. The average Bonchev–Trinajstić information content (AvgIpc) is 3.19. The number of halogens is 2. The predicted octanol–water partition coefficient (Wildman–Crippen LogP) is 4.39. The lowest BCUT2D eigenvalue weighted by Crippen LogP contribution is -2.44. The Balaban J connectivity index is 0.00000210. The van der Waals surface area contributed by atoms with Crippen molar-refractivity contribution < 1.29 is 4.79 Å². The van der Waals surface area contributed by atoms with Crippen molar-refractivity contribution in [1.82, 2.24) is 14.8 Å². The van der Waals surface area contributed by atoms with Gasteiger partial charge < -0.3 is 14.8 Å². The Bertz CT molecular complexity index is 830. The number of carbonyl (C=O) groups is 1. The predicted molar refractivity (Wildman–Crippen MR) is 113 cm³/mol. The highest BCUT2D eigenvalue weighted by molar-refractivity contribution is 6.30. The van der Waals surface area contributed by atoms with Gasteiger partial charge in [0.1, 0.15) is 0 Å². The summed E-state index contributed by atoms with van der Waals surface area (Å²) in [6, 6.07) is 9.79. The Labute approximate surface area is 172 Å². The first-order valence-electron chi connectivity index (χ1n) is 9.44. The molecule has 0 aliphatic carbocycles. The van der Waals surface area contributed by atoms with Crippen LogP contribution in [0.1, 0.15) is 41.0 Å². The molecule has 2 aromatic rings. The number of rotatable bonds is 2. The lowest BCUT2D eigenvalue weighted by atomic mass is 9.78. The molecule has 1 aromatic heterocycles. The minimum atomic E-state index is 0. The van der Waals surface area contributed by atoms with Crippen molar-refractivity contribution in [2.75, 3.05) is 26.2 Å². The number of nitrogens with one attached hydrogen (secondary N) is 1. The van der Waals surface area contributed by atoms with Crippen LogP contribution < -0.4 is 5.32 Å². The summed E-state index contributed by atoms with van der Waals surface area (Å²) < 4.78 is 2.12. The molecule has 0 radical (unpaired) electrons. The van der Waals surface area contributed by atoms with E-state index >= 15 is 0 Å². The fraction of sp³-hybridized carbons (Fsp3) is 0.476. The highest BCUT2D eigenvalue weighted by atomic mass is 35.5. The fourth-order valence-corrected chi connectivity index (χ4v) is 4.75. The van der Waals surface area contributed by atoms with Crippen LogP contribution in [0.25, 0.3) is 5.69 Å². The molecule has 0 saturated carbocycles. The molecular formula is C21H27Cl2N3O. The fourth-order valence-electron chi connectivity index (χ4n) is 4.57. The minimum Gasteiger partial charge on any atom is -0.339 e. The minimum absolute atomic E-state index is 0. The lowest BCUT2D eigenvalue weighted by molar-refractivity contribution is 0.0607. The maximum atomic E-state index is 13.2. The normalized spacial score (nSPS) is 18.6. The molecule has 2 aliphatic rings. The van der Waals surface area contributed by atoms with Crippen LogP contribution in [-0.4, -0.2) is 41.6 Å². The maximum Gasteiger partial charge on any atom is 0.255 e. The van der Waals surface area contributed by atoms with Gasteiger partial charge in [-0.1, -0.05) is 17.7 Å². The van der Waals surface area contributed by atoms with E-state index in [0.29, 0.717) is 10.4 Å². The van der Waals surface area contributed by atoms with Crippen molar-refractivity contribution in [3.05, 3.63) is 52.3 Å². The van der Waals surface area contributed by atoms with Gasteiger partial charge in [-0.15, -0.1) is 12.4 Å². The summed E-state index contributed by atoms with van der Waals surface area (Å²) in [5, 5.41) is 4.19. The molecule has 2 saturated heterocycles. The summed E-state index contributed by atoms with van der Waals surface area (Å²) in [7, 11) is 0. The van der Waals surface area contributed by atoms with Gasteiger partial charge >= 0.3 is 0 Å². The van der Waals surface area contributed by atoms with Crippen LogP contribution in [0, 0.1) is 19.3 Å². The van der Waals surface area contributed by atoms with E-state index in [4.69, 9.17) is 11.6 Å². The molecule has 1 spiro atoms. The molecule has 4 nitrogen and oxygen atoms in total. The first kappa shape index (κ1) is 20.2. The van der Waals surface area contributed by atoms with Crippen molar-refractivity contribution in [3.8, 4) is 5.69 Å². The van der Waals surface area contributed by atoms with E-state index in [-0.39, 0.29) is 18.3 Å². The molecule has 0 bridgehead atoms. The van der Waals surface area contributed by atoms with Gasteiger partial charge in [0.05, 0.1) is 5.56 Å². The van der Waals surface area contributed by atoms with E-state index in [1.54, 1.807) is 0 Å². The van der Waals surface area contributed by atoms with E-state index in [1.807, 2.05) is 49.1 Å². The van der Waals surface area contributed by atoms with E-state index in [0.717, 1.165) is 61.7 Å². The third-order valence-corrected chi connectivity index (χ3v) is 6.41. The van der Waals surface area contributed by atoms with E-state index in [2.05, 4.69) is 9.88 Å². The molecule has 0 atom stereocenters. The number of aromatic nitrogens is 1. The third kappa shape index (κ3) is 3.75. The second-order valence-corrected chi connectivity index (χ2v) is 8.26. The third-order valence-electron chi connectivity index (χ3n) is 6.17. The smallest absolute Gasteiger partial charge is 0.255 e. The standard InChI is InChI=1S/C21H26ClN3O.ClH/c1-15-12-19(16(2)25(15)18-5-3-4-17(22)13-18)20(26)24-10-7-21(8-11-24)6-9-23-14-21;/h3-5,12-13,23H,6-11,14H2,1-2H3;1H. The summed E-state index contributed by atoms with van der Waals surface area (Å²) >= 11 is 6.16. The highest BCUT2D eigenvalue weighted by Gasteiger charge is 2.38. The molecule has 6 heteroatoms. The molecule has 2 fully saturated rings. The van der Waals surface area contributed by atoms with Crippen molar-refractivity contribution in [3.63, 3.8) is 0 Å². The van der Waals surface area contributed by atoms with Gasteiger partial charge in [0.2, 0.25) is 0 Å². The Morgan fingerprint density at radius 3 is 2.52 bits per heavy atom. The van der Waals surface area contributed by atoms with Crippen LogP contribution in [0.4, 0.5) is 0 Å². The Morgan fingerprint density at radius 2 is 1.89 bits per heavy atom. The first-order chi connectivity index (χ1) is 12.5. The van der Waals surface area contributed by atoms with Gasteiger partial charge in [0.15, 0.2) is 0 Å². The van der Waals surface area contributed by atoms with Crippen LogP contribution in [0.3, 0.4) is 0 Å². The number of aryl methyl sites for hydroxylation is 1. The van der Waals surface area contributed by atoms with Gasteiger partial charge in [-0.25, -0.2) is 0 Å². The van der Waals surface area contributed by atoms with Gasteiger partial charge in [-0.05, 0) is 69.3 Å². The van der Waals surface area contributed by atoms with Crippen molar-refractivity contribution in [2.24, 2.45) is 5.41 Å². The van der Waals surface area contributed by atoms with Crippen LogP contribution in [0.2, 0.25) is 5.02 Å². The molecule has 3 heterocycles.